The molecule has 2 aromatic rings. The van der Waals surface area contributed by atoms with E-state index in [1.54, 1.807) is 12.1 Å². The van der Waals surface area contributed by atoms with Gasteiger partial charge in [0.25, 0.3) is 0 Å². The molecule has 0 fully saturated rings. The van der Waals surface area contributed by atoms with Crippen molar-refractivity contribution in [3.63, 3.8) is 0 Å². The van der Waals surface area contributed by atoms with E-state index in [1.165, 1.54) is 5.56 Å². The maximum Gasteiger partial charge on any atom is 0.338 e. The fourth-order valence-electron chi connectivity index (χ4n) is 3.96. The summed E-state index contributed by atoms with van der Waals surface area (Å²) in [5, 5.41) is 9.52. The second-order valence-electron chi connectivity index (χ2n) is 9.06. The van der Waals surface area contributed by atoms with Crippen molar-refractivity contribution in [1.29, 1.82) is 0 Å². The van der Waals surface area contributed by atoms with E-state index in [9.17, 15) is 9.59 Å². The van der Waals surface area contributed by atoms with Gasteiger partial charge in [0.2, 0.25) is 0 Å². The van der Waals surface area contributed by atoms with Gasteiger partial charge in [-0.1, -0.05) is 38.1 Å². The van der Waals surface area contributed by atoms with Crippen LogP contribution in [-0.2, 0) is 9.53 Å². The van der Waals surface area contributed by atoms with E-state index < -0.39 is 6.04 Å². The Balaban J connectivity index is 1.75. The lowest BCUT2D eigenvalue weighted by molar-refractivity contribution is -0.143. The van der Waals surface area contributed by atoms with Crippen molar-refractivity contribution in [2.45, 2.75) is 59.6 Å². The third-order valence-corrected chi connectivity index (χ3v) is 6.15. The summed E-state index contributed by atoms with van der Waals surface area (Å²) < 4.78 is 5.52. The van der Waals surface area contributed by atoms with Crippen molar-refractivity contribution in [1.82, 2.24) is 10.2 Å². The number of urea groups is 1. The highest BCUT2D eigenvalue weighted by atomic mass is 32.1. The number of esters is 1. The summed E-state index contributed by atoms with van der Waals surface area (Å²) in [6.07, 6.45) is -0.237. The Morgan fingerprint density at radius 3 is 2.03 bits per heavy atom. The quantitative estimate of drug-likeness (QED) is 0.327. The molecule has 0 bridgehead atoms. The highest BCUT2D eigenvalue weighted by Gasteiger charge is 2.34. The van der Waals surface area contributed by atoms with E-state index >= 15 is 0 Å². The number of carbonyl (C=O) groups excluding carboxylic acids is 2. The molecule has 1 aliphatic rings. The monoisotopic (exact) mass is 494 g/mol. The number of nitrogens with zero attached hydrogens (tertiary/aromatic N) is 1. The molecule has 1 heterocycles. The minimum absolute atomic E-state index is 0.237. The number of benzene rings is 2. The molecule has 3 rings (SSSR count). The normalized spacial score (nSPS) is 15.8. The van der Waals surface area contributed by atoms with Crippen LogP contribution < -0.4 is 16.0 Å². The van der Waals surface area contributed by atoms with Crippen LogP contribution >= 0.6 is 12.2 Å². The Kier molecular flexibility index (Phi) is 8.51. The number of rotatable bonds is 7. The van der Waals surface area contributed by atoms with Gasteiger partial charge in [-0.15, -0.1) is 0 Å². The van der Waals surface area contributed by atoms with Crippen LogP contribution in [-0.4, -0.2) is 34.7 Å². The smallest absolute Gasteiger partial charge is 0.338 e. The number of hydrogen-bond donors (Lipinski definition) is 3. The summed E-state index contributed by atoms with van der Waals surface area (Å²) in [5.41, 5.74) is 4.71. The summed E-state index contributed by atoms with van der Waals surface area (Å²) in [7, 11) is 0. The SMILES string of the molecule is CCN1C(=S)NC(c2ccc(NC(=O)Nc3ccc(C(C)C)cc3)cc2)C(C(=O)OC(C)C)=C1C. The molecule has 8 heteroatoms. The third-order valence-electron chi connectivity index (χ3n) is 5.81. The van der Waals surface area contributed by atoms with Gasteiger partial charge in [0.15, 0.2) is 5.11 Å². The Hall–Kier alpha value is -3.39. The zero-order chi connectivity index (χ0) is 25.7. The number of nitrogens with one attached hydrogen (secondary N) is 3. The first kappa shape index (κ1) is 26.2. The highest BCUT2D eigenvalue weighted by Crippen LogP contribution is 2.32. The number of amides is 2. The molecule has 0 spiro atoms. The standard InChI is InChI=1S/C27H34N4O3S/c1-7-31-18(6)23(25(32)34-17(4)5)24(30-27(31)35)20-10-14-22(15-11-20)29-26(33)28-21-12-8-19(9-13-21)16(2)3/h8-17,24H,7H2,1-6H3,(H,30,35)(H2,28,29,33). The molecular formula is C27H34N4O3S. The molecule has 3 N–H and O–H groups in total. The molecule has 2 amide bonds. The number of ether oxygens (including phenoxy) is 1. The molecule has 2 aromatic carbocycles. The lowest BCUT2D eigenvalue weighted by Crippen LogP contribution is -2.47. The second kappa shape index (κ2) is 11.4. The first-order chi connectivity index (χ1) is 16.6. The molecule has 0 saturated carbocycles. The molecule has 1 unspecified atom stereocenters. The van der Waals surface area contributed by atoms with Crippen LogP contribution in [0.2, 0.25) is 0 Å². The predicted molar refractivity (Wildman–Crippen MR) is 144 cm³/mol. The van der Waals surface area contributed by atoms with E-state index in [2.05, 4.69) is 29.8 Å². The number of carbonyl (C=O) groups is 2. The molecule has 0 aliphatic carbocycles. The molecule has 35 heavy (non-hydrogen) atoms. The number of hydrogen-bond acceptors (Lipinski definition) is 4. The van der Waals surface area contributed by atoms with Gasteiger partial charge in [-0.05, 0) is 81.2 Å². The van der Waals surface area contributed by atoms with Gasteiger partial charge in [-0.2, -0.15) is 0 Å². The van der Waals surface area contributed by atoms with Crippen molar-refractivity contribution in [2.75, 3.05) is 17.2 Å². The van der Waals surface area contributed by atoms with Crippen LogP contribution in [0.3, 0.4) is 0 Å². The summed E-state index contributed by atoms with van der Waals surface area (Å²) in [5.74, 6) is 0.0573. The molecule has 186 valence electrons. The van der Waals surface area contributed by atoms with Gasteiger partial charge < -0.3 is 25.6 Å². The molecule has 7 nitrogen and oxygen atoms in total. The number of thiocarbonyl (C=S) groups is 1. The molecule has 1 aliphatic heterocycles. The van der Waals surface area contributed by atoms with Crippen LogP contribution in [0.4, 0.5) is 16.2 Å². The summed E-state index contributed by atoms with van der Waals surface area (Å²) in [6.45, 7) is 12.4. The first-order valence-corrected chi connectivity index (χ1v) is 12.3. The summed E-state index contributed by atoms with van der Waals surface area (Å²) >= 11 is 5.54. The Bertz CT molecular complexity index is 1110. The van der Waals surface area contributed by atoms with E-state index in [4.69, 9.17) is 17.0 Å². The first-order valence-electron chi connectivity index (χ1n) is 11.9. The van der Waals surface area contributed by atoms with Gasteiger partial charge in [0.1, 0.15) is 0 Å². The topological polar surface area (TPSA) is 82.7 Å². The largest absolute Gasteiger partial charge is 0.459 e. The molecule has 0 radical (unpaired) electrons. The van der Waals surface area contributed by atoms with Crippen LogP contribution in [0.5, 0.6) is 0 Å². The van der Waals surface area contributed by atoms with Gasteiger partial charge >= 0.3 is 12.0 Å². The summed E-state index contributed by atoms with van der Waals surface area (Å²) in [4.78, 5) is 27.3. The maximum absolute atomic E-state index is 13.0. The van der Waals surface area contributed by atoms with Crippen molar-refractivity contribution in [3.8, 4) is 0 Å². The highest BCUT2D eigenvalue weighted by molar-refractivity contribution is 7.80. The molecule has 0 aromatic heterocycles. The van der Waals surface area contributed by atoms with E-state index in [0.717, 1.165) is 16.9 Å². The molecular weight excluding hydrogens is 460 g/mol. The van der Waals surface area contributed by atoms with Crippen LogP contribution in [0, 0.1) is 0 Å². The zero-order valence-electron chi connectivity index (χ0n) is 21.1. The average Bonchev–Trinajstić information content (AvgIpc) is 2.79. The van der Waals surface area contributed by atoms with Crippen LogP contribution in [0.25, 0.3) is 0 Å². The van der Waals surface area contributed by atoms with Crippen LogP contribution in [0.1, 0.15) is 64.6 Å². The zero-order valence-corrected chi connectivity index (χ0v) is 22.0. The van der Waals surface area contributed by atoms with Crippen LogP contribution in [0.15, 0.2) is 59.8 Å². The van der Waals surface area contributed by atoms with E-state index in [0.29, 0.717) is 28.8 Å². The van der Waals surface area contributed by atoms with Crippen molar-refractivity contribution in [2.24, 2.45) is 0 Å². The molecule has 0 saturated heterocycles. The van der Waals surface area contributed by atoms with Crippen molar-refractivity contribution >= 4 is 40.7 Å². The Morgan fingerprint density at radius 1 is 1.00 bits per heavy atom. The predicted octanol–water partition coefficient (Wildman–Crippen LogP) is 5.93. The fourth-order valence-corrected chi connectivity index (χ4v) is 4.34. The summed E-state index contributed by atoms with van der Waals surface area (Å²) in [6, 6.07) is 14.4. The fraction of sp³-hybridized carbons (Fsp3) is 0.370. The lowest BCUT2D eigenvalue weighted by Gasteiger charge is -2.37. The van der Waals surface area contributed by atoms with Crippen molar-refractivity contribution in [3.05, 3.63) is 70.9 Å². The number of allylic oxidation sites excluding steroid dienone is 1. The maximum atomic E-state index is 13.0. The van der Waals surface area contributed by atoms with E-state index in [-0.39, 0.29) is 18.1 Å². The second-order valence-corrected chi connectivity index (χ2v) is 9.44. The Labute approximate surface area is 212 Å². The third kappa shape index (κ3) is 6.39. The minimum Gasteiger partial charge on any atom is -0.459 e. The molecule has 1 atom stereocenters. The Morgan fingerprint density at radius 2 is 1.54 bits per heavy atom. The minimum atomic E-state index is -0.445. The van der Waals surface area contributed by atoms with Gasteiger partial charge in [-0.3, -0.25) is 0 Å². The average molecular weight is 495 g/mol. The van der Waals surface area contributed by atoms with E-state index in [1.807, 2.05) is 69.0 Å². The van der Waals surface area contributed by atoms with Gasteiger partial charge in [0.05, 0.1) is 17.7 Å². The number of anilines is 2. The lowest BCUT2D eigenvalue weighted by atomic mass is 9.94. The van der Waals surface area contributed by atoms with Gasteiger partial charge in [-0.25, -0.2) is 9.59 Å². The van der Waals surface area contributed by atoms with Gasteiger partial charge in [0, 0.05) is 23.6 Å². The van der Waals surface area contributed by atoms with Crippen molar-refractivity contribution < 1.29 is 14.3 Å².